The Hall–Kier alpha value is -2.48. The van der Waals surface area contributed by atoms with Gasteiger partial charge in [-0.3, -0.25) is 19.2 Å². The summed E-state index contributed by atoms with van der Waals surface area (Å²) < 4.78 is 28.0. The monoisotopic (exact) mass is 571 g/mol. The highest BCUT2D eigenvalue weighted by Gasteiger charge is 2.42. The lowest BCUT2D eigenvalue weighted by atomic mass is 10.1. The smallest absolute Gasteiger partial charge is 0.246 e. The molecule has 0 saturated carbocycles. The fourth-order valence-corrected chi connectivity index (χ4v) is 7.18. The largest absolute Gasteiger partial charge is 0.368 e. The maximum Gasteiger partial charge on any atom is 0.246 e. The Balaban J connectivity index is 1.37. The number of rotatable bonds is 8. The van der Waals surface area contributed by atoms with E-state index in [0.29, 0.717) is 67.4 Å². The number of amides is 4. The third-order valence-electron chi connectivity index (χ3n) is 6.89. The molecule has 202 valence electrons. The second-order valence-electron chi connectivity index (χ2n) is 9.40. The third-order valence-corrected chi connectivity index (χ3v) is 9.20. The molecule has 3 fully saturated rings. The Kier molecular flexibility index (Phi) is 8.56. The van der Waals surface area contributed by atoms with Gasteiger partial charge >= 0.3 is 0 Å². The van der Waals surface area contributed by atoms with E-state index >= 15 is 0 Å². The van der Waals surface area contributed by atoms with E-state index in [1.165, 1.54) is 32.1 Å². The van der Waals surface area contributed by atoms with Gasteiger partial charge < -0.3 is 20.4 Å². The fourth-order valence-electron chi connectivity index (χ4n) is 5.11. The van der Waals surface area contributed by atoms with Gasteiger partial charge in [-0.25, -0.2) is 8.42 Å². The molecule has 3 atom stereocenters. The number of nitrogens with zero attached hydrogens (tertiary/aromatic N) is 3. The minimum atomic E-state index is -3.91. The quantitative estimate of drug-likeness (QED) is 0.470. The summed E-state index contributed by atoms with van der Waals surface area (Å²) in [6.45, 7) is 0.865. The van der Waals surface area contributed by atoms with Gasteiger partial charge in [0.25, 0.3) is 0 Å². The molecule has 0 unspecified atom stereocenters. The number of nitrogens with two attached hydrogens (primary N) is 1. The molecule has 3 saturated heterocycles. The molecule has 1 aromatic rings. The Labute approximate surface area is 224 Å². The molecule has 3 aliphatic heterocycles. The van der Waals surface area contributed by atoms with Crippen LogP contribution in [0.3, 0.4) is 0 Å². The van der Waals surface area contributed by atoms with Crippen LogP contribution < -0.4 is 10.5 Å². The molecule has 37 heavy (non-hydrogen) atoms. The number of halogens is 1. The minimum Gasteiger partial charge on any atom is -0.368 e. The highest BCUT2D eigenvalue weighted by Crippen LogP contribution is 2.26. The van der Waals surface area contributed by atoms with E-state index in [9.17, 15) is 27.6 Å². The molecule has 0 bridgehead atoms. The van der Waals surface area contributed by atoms with E-state index in [2.05, 4.69) is 4.72 Å². The van der Waals surface area contributed by atoms with Crippen LogP contribution in [0, 0.1) is 0 Å². The molecular formula is C23H30ClN5O6S2. The van der Waals surface area contributed by atoms with Crippen LogP contribution in [0.1, 0.15) is 43.4 Å². The molecule has 4 amide bonds. The van der Waals surface area contributed by atoms with Gasteiger partial charge in [-0.1, -0.05) is 11.6 Å². The average molecular weight is 572 g/mol. The zero-order chi connectivity index (χ0) is 26.7. The number of carbonyl (C=O) groups is 4. The van der Waals surface area contributed by atoms with Crippen molar-refractivity contribution in [2.75, 3.05) is 26.2 Å². The molecule has 3 aliphatic rings. The Bertz CT molecular complexity index is 1200. The molecule has 0 aliphatic carbocycles. The van der Waals surface area contributed by atoms with Gasteiger partial charge in [0, 0.05) is 29.9 Å². The molecule has 0 radical (unpaired) electrons. The summed E-state index contributed by atoms with van der Waals surface area (Å²) in [7, 11) is -3.91. The SMILES string of the molecule is NC(=O)[C@H]1CCCN1C(=O)[C@@H]1CCCN1C(=O)CN1CCC[C@H](NS(=O)(=O)C=Cc2ccc(Cl)s2)C1=O. The van der Waals surface area contributed by atoms with E-state index in [0.717, 1.165) is 5.41 Å². The summed E-state index contributed by atoms with van der Waals surface area (Å²) in [6, 6.07) is 1.00. The van der Waals surface area contributed by atoms with Crippen molar-refractivity contribution in [3.05, 3.63) is 26.8 Å². The number of primary amides is 1. The van der Waals surface area contributed by atoms with E-state index in [1.807, 2.05) is 0 Å². The van der Waals surface area contributed by atoms with Crippen molar-refractivity contribution >= 4 is 62.7 Å². The van der Waals surface area contributed by atoms with E-state index in [1.54, 1.807) is 12.1 Å². The van der Waals surface area contributed by atoms with Crippen LogP contribution in [-0.2, 0) is 29.2 Å². The topological polar surface area (TPSA) is 150 Å². The van der Waals surface area contributed by atoms with Gasteiger partial charge in [0.15, 0.2) is 0 Å². The first-order chi connectivity index (χ1) is 17.6. The van der Waals surface area contributed by atoms with Gasteiger partial charge in [-0.2, -0.15) is 4.72 Å². The Morgan fingerprint density at radius 1 is 1.05 bits per heavy atom. The van der Waals surface area contributed by atoms with Crippen molar-refractivity contribution in [1.29, 1.82) is 0 Å². The Morgan fingerprint density at radius 3 is 2.41 bits per heavy atom. The van der Waals surface area contributed by atoms with Crippen molar-refractivity contribution in [3.8, 4) is 0 Å². The van der Waals surface area contributed by atoms with Crippen molar-refractivity contribution in [2.45, 2.75) is 56.7 Å². The number of nitrogens with one attached hydrogen (secondary N) is 1. The van der Waals surface area contributed by atoms with Crippen molar-refractivity contribution in [3.63, 3.8) is 0 Å². The summed E-state index contributed by atoms with van der Waals surface area (Å²) in [6.07, 6.45) is 4.54. The van der Waals surface area contributed by atoms with Crippen molar-refractivity contribution in [1.82, 2.24) is 19.4 Å². The number of likely N-dealkylation sites (tertiary alicyclic amines) is 3. The number of carbonyl (C=O) groups excluding carboxylic acids is 4. The first-order valence-electron chi connectivity index (χ1n) is 12.2. The molecule has 0 aromatic carbocycles. The fraction of sp³-hybridized carbons (Fsp3) is 0.565. The maximum atomic E-state index is 13.2. The van der Waals surface area contributed by atoms with E-state index < -0.39 is 40.0 Å². The number of hydrogen-bond donors (Lipinski definition) is 2. The zero-order valence-electron chi connectivity index (χ0n) is 20.2. The highest BCUT2D eigenvalue weighted by atomic mass is 35.5. The first kappa shape index (κ1) is 27.6. The standard InChI is InChI=1S/C23H30ClN5O6S2/c24-19-8-7-15(36-19)9-13-37(34,35)26-16-4-1-10-27(22(16)32)14-20(30)28-11-3-6-18(28)23(33)29-12-2-5-17(29)21(25)31/h7-9,13,16-18,26H,1-6,10-12,14H2,(H2,25,31)/t16-,17+,18-/m0/s1. The molecule has 3 N–H and O–H groups in total. The average Bonchev–Trinajstić information content (AvgIpc) is 3.60. The van der Waals surface area contributed by atoms with Gasteiger partial charge in [-0.15, -0.1) is 11.3 Å². The summed E-state index contributed by atoms with van der Waals surface area (Å²) in [5.74, 6) is -1.70. The number of sulfonamides is 1. The number of piperidine rings is 1. The van der Waals surface area contributed by atoms with Gasteiger partial charge in [0.1, 0.15) is 18.1 Å². The molecule has 0 spiro atoms. The van der Waals surface area contributed by atoms with Crippen LogP contribution in [0.25, 0.3) is 6.08 Å². The second kappa shape index (κ2) is 11.5. The number of thiophene rings is 1. The minimum absolute atomic E-state index is 0.246. The Morgan fingerprint density at radius 2 is 1.73 bits per heavy atom. The van der Waals surface area contributed by atoms with Crippen molar-refractivity contribution in [2.24, 2.45) is 5.73 Å². The normalized spacial score (nSPS) is 24.8. The van der Waals surface area contributed by atoms with E-state index in [4.69, 9.17) is 17.3 Å². The summed E-state index contributed by atoms with van der Waals surface area (Å²) in [4.78, 5) is 56.0. The summed E-state index contributed by atoms with van der Waals surface area (Å²) >= 11 is 7.09. The molecule has 14 heteroatoms. The predicted octanol–water partition coefficient (Wildman–Crippen LogP) is 0.750. The molecule has 11 nitrogen and oxygen atoms in total. The third kappa shape index (κ3) is 6.51. The van der Waals surface area contributed by atoms with Crippen LogP contribution in [0.5, 0.6) is 0 Å². The number of hydrogen-bond acceptors (Lipinski definition) is 7. The van der Waals surface area contributed by atoms with Crippen LogP contribution >= 0.6 is 22.9 Å². The van der Waals surface area contributed by atoms with Gasteiger partial charge in [0.2, 0.25) is 33.7 Å². The van der Waals surface area contributed by atoms with Crippen LogP contribution in [0.4, 0.5) is 0 Å². The first-order valence-corrected chi connectivity index (χ1v) is 14.9. The second-order valence-corrected chi connectivity index (χ2v) is 12.7. The van der Waals surface area contributed by atoms with Gasteiger partial charge in [0.05, 0.1) is 10.9 Å². The summed E-state index contributed by atoms with van der Waals surface area (Å²) in [5.41, 5.74) is 5.45. The van der Waals surface area contributed by atoms with Gasteiger partial charge in [-0.05, 0) is 56.7 Å². The lowest BCUT2D eigenvalue weighted by Gasteiger charge is -2.34. The lowest BCUT2D eigenvalue weighted by Crippen LogP contribution is -2.56. The van der Waals surface area contributed by atoms with Crippen LogP contribution in [0.15, 0.2) is 17.5 Å². The lowest BCUT2D eigenvalue weighted by molar-refractivity contribution is -0.149. The zero-order valence-corrected chi connectivity index (χ0v) is 22.6. The van der Waals surface area contributed by atoms with E-state index in [-0.39, 0.29) is 18.4 Å². The molecule has 1 aromatic heterocycles. The molecule has 4 rings (SSSR count). The molecule has 4 heterocycles. The predicted molar refractivity (Wildman–Crippen MR) is 139 cm³/mol. The maximum absolute atomic E-state index is 13.2. The highest BCUT2D eigenvalue weighted by molar-refractivity contribution is 7.92. The summed E-state index contributed by atoms with van der Waals surface area (Å²) in [5, 5.41) is 0.991. The molecular weight excluding hydrogens is 542 g/mol. The van der Waals surface area contributed by atoms with Crippen molar-refractivity contribution < 1.29 is 27.6 Å². The van der Waals surface area contributed by atoms with Crippen LogP contribution in [-0.4, -0.2) is 91.1 Å². The van der Waals surface area contributed by atoms with Crippen LogP contribution in [0.2, 0.25) is 4.34 Å².